The molecular weight excluding hydrogens is 436 g/mol. The number of aromatic nitrogens is 1. The van der Waals surface area contributed by atoms with E-state index in [2.05, 4.69) is 149 Å². The van der Waals surface area contributed by atoms with Gasteiger partial charge in [-0.15, -0.1) is 0 Å². The van der Waals surface area contributed by atoms with Crippen molar-refractivity contribution in [3.63, 3.8) is 0 Å². The molecule has 2 nitrogen and oxygen atoms in total. The van der Waals surface area contributed by atoms with Gasteiger partial charge in [-0.1, -0.05) is 91.0 Å². The van der Waals surface area contributed by atoms with Gasteiger partial charge in [-0.3, -0.25) is 0 Å². The molecule has 36 heavy (non-hydrogen) atoms. The zero-order valence-electron chi connectivity index (χ0n) is 19.7. The fraction of sp³-hybridized carbons (Fsp3) is 0. The van der Waals surface area contributed by atoms with Crippen LogP contribution >= 0.6 is 0 Å². The summed E-state index contributed by atoms with van der Waals surface area (Å²) in [7, 11) is 0. The Morgan fingerprint density at radius 2 is 1.11 bits per heavy atom. The summed E-state index contributed by atoms with van der Waals surface area (Å²) < 4.78 is 2.36. The van der Waals surface area contributed by atoms with E-state index in [0.717, 1.165) is 11.4 Å². The van der Waals surface area contributed by atoms with Crippen molar-refractivity contribution in [2.24, 2.45) is 0 Å². The molecule has 0 saturated heterocycles. The van der Waals surface area contributed by atoms with Crippen LogP contribution in [0.1, 0.15) is 0 Å². The van der Waals surface area contributed by atoms with Gasteiger partial charge >= 0.3 is 0 Å². The maximum absolute atomic E-state index is 3.69. The molecular formula is C34H24N2. The lowest BCUT2D eigenvalue weighted by molar-refractivity contribution is 1.18. The van der Waals surface area contributed by atoms with Crippen molar-refractivity contribution in [1.82, 2.24) is 4.57 Å². The van der Waals surface area contributed by atoms with Crippen molar-refractivity contribution in [1.29, 1.82) is 0 Å². The molecule has 170 valence electrons. The number of para-hydroxylation sites is 1. The van der Waals surface area contributed by atoms with Gasteiger partial charge in [0.25, 0.3) is 0 Å². The smallest absolute Gasteiger partial charge is 0.0542 e. The van der Waals surface area contributed by atoms with E-state index in [1.54, 1.807) is 0 Å². The Labute approximate surface area is 210 Å². The van der Waals surface area contributed by atoms with Crippen molar-refractivity contribution in [3.05, 3.63) is 140 Å². The third kappa shape index (κ3) is 3.43. The van der Waals surface area contributed by atoms with Crippen LogP contribution in [0, 0.1) is 0 Å². The number of hydrogen-bond acceptors (Lipinski definition) is 1. The Bertz CT molecular complexity index is 1840. The molecule has 0 aliphatic rings. The Balaban J connectivity index is 1.44. The van der Waals surface area contributed by atoms with E-state index >= 15 is 0 Å². The molecule has 0 aliphatic carbocycles. The maximum Gasteiger partial charge on any atom is 0.0542 e. The van der Waals surface area contributed by atoms with Crippen LogP contribution in [-0.4, -0.2) is 4.57 Å². The molecule has 1 N–H and O–H groups in total. The van der Waals surface area contributed by atoms with Crippen LogP contribution in [0.15, 0.2) is 140 Å². The third-order valence-electron chi connectivity index (χ3n) is 6.96. The summed E-state index contributed by atoms with van der Waals surface area (Å²) in [5, 5.41) is 8.62. The Morgan fingerprint density at radius 1 is 0.444 bits per heavy atom. The van der Waals surface area contributed by atoms with E-state index in [0.29, 0.717) is 0 Å². The molecule has 0 fully saturated rings. The number of rotatable bonds is 4. The van der Waals surface area contributed by atoms with E-state index < -0.39 is 0 Å². The largest absolute Gasteiger partial charge is 0.355 e. The molecule has 0 aliphatic heterocycles. The zero-order chi connectivity index (χ0) is 23.9. The molecule has 0 saturated carbocycles. The van der Waals surface area contributed by atoms with Gasteiger partial charge < -0.3 is 9.88 Å². The molecule has 0 atom stereocenters. The first-order chi connectivity index (χ1) is 17.8. The molecule has 6 aromatic carbocycles. The lowest BCUT2D eigenvalue weighted by atomic mass is 10.0. The number of benzene rings is 6. The van der Waals surface area contributed by atoms with Crippen LogP contribution < -0.4 is 5.32 Å². The first-order valence-electron chi connectivity index (χ1n) is 12.3. The van der Waals surface area contributed by atoms with Gasteiger partial charge in [0.05, 0.1) is 11.0 Å². The summed E-state index contributed by atoms with van der Waals surface area (Å²) in [6.45, 7) is 0. The second kappa shape index (κ2) is 8.44. The molecule has 0 unspecified atom stereocenters. The molecule has 7 aromatic rings. The van der Waals surface area contributed by atoms with Gasteiger partial charge in [-0.25, -0.2) is 0 Å². The second-order valence-corrected chi connectivity index (χ2v) is 9.15. The third-order valence-corrected chi connectivity index (χ3v) is 6.96. The first-order valence-corrected chi connectivity index (χ1v) is 12.3. The van der Waals surface area contributed by atoms with Crippen molar-refractivity contribution in [2.45, 2.75) is 0 Å². The molecule has 2 heteroatoms. The van der Waals surface area contributed by atoms with E-state index in [1.165, 1.54) is 49.4 Å². The van der Waals surface area contributed by atoms with Crippen LogP contribution in [0.5, 0.6) is 0 Å². The van der Waals surface area contributed by atoms with Gasteiger partial charge in [0, 0.05) is 33.2 Å². The Hall–Kier alpha value is -4.82. The molecule has 1 heterocycles. The van der Waals surface area contributed by atoms with Crippen LogP contribution in [0.2, 0.25) is 0 Å². The number of fused-ring (bicyclic) bond motifs is 4. The van der Waals surface area contributed by atoms with Gasteiger partial charge in [-0.2, -0.15) is 0 Å². The fourth-order valence-electron chi connectivity index (χ4n) is 5.26. The fourth-order valence-corrected chi connectivity index (χ4v) is 5.26. The van der Waals surface area contributed by atoms with Crippen molar-refractivity contribution >= 4 is 44.0 Å². The standard InChI is InChI=1S/C34H24N2/c1-3-10-24(11-4-1)26-18-20-33-30(22-26)31-23-27(19-21-34(31)36(33)28-14-5-2-6-15-28)35-32-17-9-13-25-12-7-8-16-29(25)32/h1-23,35H. The van der Waals surface area contributed by atoms with Gasteiger partial charge in [0.2, 0.25) is 0 Å². The molecule has 7 rings (SSSR count). The van der Waals surface area contributed by atoms with Crippen LogP contribution in [-0.2, 0) is 0 Å². The summed E-state index contributed by atoms with van der Waals surface area (Å²) in [6.07, 6.45) is 0. The minimum atomic E-state index is 1.08. The lowest BCUT2D eigenvalue weighted by Gasteiger charge is -2.11. The number of nitrogens with zero attached hydrogens (tertiary/aromatic N) is 1. The highest BCUT2D eigenvalue weighted by atomic mass is 15.0. The van der Waals surface area contributed by atoms with Crippen molar-refractivity contribution < 1.29 is 0 Å². The SMILES string of the molecule is c1ccc(-c2ccc3c(c2)c2cc(Nc4cccc5ccccc45)ccc2n3-c2ccccc2)cc1. The summed E-state index contributed by atoms with van der Waals surface area (Å²) in [5.41, 5.74) is 8.22. The summed E-state index contributed by atoms with van der Waals surface area (Å²) in [5.74, 6) is 0. The van der Waals surface area contributed by atoms with Crippen molar-refractivity contribution in [2.75, 3.05) is 5.32 Å². The highest BCUT2D eigenvalue weighted by Gasteiger charge is 2.14. The molecule has 0 radical (unpaired) electrons. The Kier molecular flexibility index (Phi) is 4.82. The van der Waals surface area contributed by atoms with Gasteiger partial charge in [0.1, 0.15) is 0 Å². The van der Waals surface area contributed by atoms with Crippen LogP contribution in [0.3, 0.4) is 0 Å². The monoisotopic (exact) mass is 460 g/mol. The topological polar surface area (TPSA) is 17.0 Å². The predicted octanol–water partition coefficient (Wildman–Crippen LogP) is 9.35. The molecule has 0 spiro atoms. The maximum atomic E-state index is 3.69. The van der Waals surface area contributed by atoms with E-state index in [9.17, 15) is 0 Å². The summed E-state index contributed by atoms with van der Waals surface area (Å²) in [6, 6.07) is 49.6. The number of hydrogen-bond donors (Lipinski definition) is 1. The summed E-state index contributed by atoms with van der Waals surface area (Å²) >= 11 is 0. The van der Waals surface area contributed by atoms with Crippen molar-refractivity contribution in [3.8, 4) is 16.8 Å². The molecule has 0 bridgehead atoms. The molecule has 1 aromatic heterocycles. The highest BCUT2D eigenvalue weighted by molar-refractivity contribution is 6.11. The van der Waals surface area contributed by atoms with E-state index in [-0.39, 0.29) is 0 Å². The highest BCUT2D eigenvalue weighted by Crippen LogP contribution is 2.37. The van der Waals surface area contributed by atoms with Crippen LogP contribution in [0.25, 0.3) is 49.4 Å². The number of anilines is 2. The van der Waals surface area contributed by atoms with E-state index in [4.69, 9.17) is 0 Å². The minimum Gasteiger partial charge on any atom is -0.355 e. The predicted molar refractivity (Wildman–Crippen MR) is 153 cm³/mol. The Morgan fingerprint density at radius 3 is 1.94 bits per heavy atom. The lowest BCUT2D eigenvalue weighted by Crippen LogP contribution is -1.94. The quantitative estimate of drug-likeness (QED) is 0.277. The van der Waals surface area contributed by atoms with Crippen LogP contribution in [0.4, 0.5) is 11.4 Å². The molecule has 0 amide bonds. The number of nitrogens with one attached hydrogen (secondary N) is 1. The first kappa shape index (κ1) is 20.5. The van der Waals surface area contributed by atoms with Gasteiger partial charge in [-0.05, 0) is 65.0 Å². The van der Waals surface area contributed by atoms with E-state index in [1.807, 2.05) is 0 Å². The normalized spacial score (nSPS) is 11.3. The van der Waals surface area contributed by atoms with Gasteiger partial charge in [0.15, 0.2) is 0 Å². The average molecular weight is 461 g/mol. The average Bonchev–Trinajstić information content (AvgIpc) is 3.27. The second-order valence-electron chi connectivity index (χ2n) is 9.15. The summed E-state index contributed by atoms with van der Waals surface area (Å²) in [4.78, 5) is 0. The zero-order valence-corrected chi connectivity index (χ0v) is 19.7. The minimum absolute atomic E-state index is 1.08.